The molecule has 0 bridgehead atoms. The Morgan fingerprint density at radius 1 is 1.07 bits per heavy atom. The maximum Gasteiger partial charge on any atom is 0.251 e. The summed E-state index contributed by atoms with van der Waals surface area (Å²) in [6, 6.07) is 13.5. The van der Waals surface area contributed by atoms with Crippen LogP contribution >= 0.6 is 11.6 Å². The minimum Gasteiger partial charge on any atom is -0.351 e. The van der Waals surface area contributed by atoms with E-state index in [-0.39, 0.29) is 5.91 Å². The number of halogens is 1. The fourth-order valence-corrected chi connectivity index (χ4v) is 3.84. The Morgan fingerprint density at radius 2 is 1.86 bits per heavy atom. The van der Waals surface area contributed by atoms with Gasteiger partial charge in [-0.1, -0.05) is 36.2 Å². The zero-order valence-electron chi connectivity index (χ0n) is 15.9. The van der Waals surface area contributed by atoms with Crippen molar-refractivity contribution < 1.29 is 4.79 Å². The van der Waals surface area contributed by atoms with Crippen molar-refractivity contribution in [2.45, 2.75) is 25.8 Å². The Labute approximate surface area is 170 Å². The summed E-state index contributed by atoms with van der Waals surface area (Å²) < 4.78 is 1.92. The number of fused-ring (bicyclic) bond motifs is 1. The summed E-state index contributed by atoms with van der Waals surface area (Å²) in [5.74, 6) is -0.0295. The predicted molar refractivity (Wildman–Crippen MR) is 113 cm³/mol. The normalized spacial score (nSPS) is 15.0. The molecule has 1 N–H and O–H groups in total. The molecule has 3 aromatic rings. The van der Waals surface area contributed by atoms with Crippen LogP contribution in [0.25, 0.3) is 10.9 Å². The quantitative estimate of drug-likeness (QED) is 0.686. The second-order valence-corrected chi connectivity index (χ2v) is 7.80. The van der Waals surface area contributed by atoms with Gasteiger partial charge in [0.1, 0.15) is 0 Å². The van der Waals surface area contributed by atoms with Gasteiger partial charge in [0.25, 0.3) is 5.91 Å². The summed E-state index contributed by atoms with van der Waals surface area (Å²) in [5.41, 5.74) is 2.74. The van der Waals surface area contributed by atoms with Crippen molar-refractivity contribution in [1.29, 1.82) is 0 Å². The SMILES string of the molecule is O=C(NCCN1CCCCC1)c1ccc2cnn(Cc3ccc(Cl)cc3)c2c1. The molecule has 1 amide bonds. The number of carbonyl (C=O) groups excluding carboxylic acids is 1. The van der Waals surface area contributed by atoms with Crippen LogP contribution in [0, 0.1) is 0 Å². The molecule has 0 spiro atoms. The lowest BCUT2D eigenvalue weighted by molar-refractivity contribution is 0.0946. The van der Waals surface area contributed by atoms with Crippen molar-refractivity contribution >= 4 is 28.4 Å². The van der Waals surface area contributed by atoms with Gasteiger partial charge in [0.15, 0.2) is 0 Å². The first-order chi connectivity index (χ1) is 13.7. The molecule has 5 nitrogen and oxygen atoms in total. The maximum absolute atomic E-state index is 12.6. The first kappa shape index (κ1) is 19.0. The van der Waals surface area contributed by atoms with E-state index < -0.39 is 0 Å². The largest absolute Gasteiger partial charge is 0.351 e. The molecule has 2 aromatic carbocycles. The van der Waals surface area contributed by atoms with Crippen molar-refractivity contribution in [3.63, 3.8) is 0 Å². The number of likely N-dealkylation sites (tertiary alicyclic amines) is 1. The van der Waals surface area contributed by atoms with E-state index in [1.807, 2.05) is 53.3 Å². The third-order valence-corrected chi connectivity index (χ3v) is 5.57. The molecule has 146 valence electrons. The summed E-state index contributed by atoms with van der Waals surface area (Å²) in [7, 11) is 0. The van der Waals surface area contributed by atoms with Crippen molar-refractivity contribution in [3.05, 3.63) is 64.8 Å². The number of rotatable bonds is 6. The lowest BCUT2D eigenvalue weighted by Gasteiger charge is -2.26. The lowest BCUT2D eigenvalue weighted by Crippen LogP contribution is -2.37. The molecule has 1 aliphatic heterocycles. The summed E-state index contributed by atoms with van der Waals surface area (Å²) in [6.07, 6.45) is 5.69. The van der Waals surface area contributed by atoms with Crippen LogP contribution in [0.3, 0.4) is 0 Å². The highest BCUT2D eigenvalue weighted by molar-refractivity contribution is 6.30. The van der Waals surface area contributed by atoms with Gasteiger partial charge in [-0.25, -0.2) is 0 Å². The summed E-state index contributed by atoms with van der Waals surface area (Å²) in [6.45, 7) is 4.53. The van der Waals surface area contributed by atoms with Crippen LogP contribution in [0.15, 0.2) is 48.7 Å². The zero-order chi connectivity index (χ0) is 19.3. The van der Waals surface area contributed by atoms with E-state index in [9.17, 15) is 4.79 Å². The highest BCUT2D eigenvalue weighted by atomic mass is 35.5. The smallest absolute Gasteiger partial charge is 0.251 e. The maximum atomic E-state index is 12.6. The monoisotopic (exact) mass is 396 g/mol. The Hall–Kier alpha value is -2.37. The van der Waals surface area contributed by atoms with Crippen LogP contribution in [0.5, 0.6) is 0 Å². The number of aromatic nitrogens is 2. The Morgan fingerprint density at radius 3 is 2.64 bits per heavy atom. The van der Waals surface area contributed by atoms with Gasteiger partial charge < -0.3 is 10.2 Å². The highest BCUT2D eigenvalue weighted by Crippen LogP contribution is 2.18. The van der Waals surface area contributed by atoms with Crippen molar-refractivity contribution in [3.8, 4) is 0 Å². The number of amides is 1. The molecular weight excluding hydrogens is 372 g/mol. The molecule has 1 aliphatic rings. The number of hydrogen-bond acceptors (Lipinski definition) is 3. The van der Waals surface area contributed by atoms with Gasteiger partial charge in [0, 0.05) is 29.1 Å². The molecule has 0 aliphatic carbocycles. The summed E-state index contributed by atoms with van der Waals surface area (Å²) in [5, 5.41) is 9.28. The average molecular weight is 397 g/mol. The van der Waals surface area contributed by atoms with E-state index in [1.165, 1.54) is 19.3 Å². The minimum atomic E-state index is -0.0295. The van der Waals surface area contributed by atoms with Crippen LogP contribution < -0.4 is 5.32 Å². The van der Waals surface area contributed by atoms with Crippen LogP contribution in [-0.2, 0) is 6.54 Å². The molecule has 0 atom stereocenters. The molecule has 6 heteroatoms. The van der Waals surface area contributed by atoms with E-state index in [0.29, 0.717) is 18.7 Å². The second-order valence-electron chi connectivity index (χ2n) is 7.36. The number of piperidine rings is 1. The molecule has 2 heterocycles. The highest BCUT2D eigenvalue weighted by Gasteiger charge is 2.12. The van der Waals surface area contributed by atoms with Crippen LogP contribution in [0.4, 0.5) is 0 Å². The molecular formula is C22H25ClN4O. The van der Waals surface area contributed by atoms with Gasteiger partial charge in [0.05, 0.1) is 18.3 Å². The second kappa shape index (κ2) is 8.76. The molecule has 28 heavy (non-hydrogen) atoms. The minimum absolute atomic E-state index is 0.0295. The van der Waals surface area contributed by atoms with Crippen molar-refractivity contribution in [1.82, 2.24) is 20.0 Å². The van der Waals surface area contributed by atoms with Gasteiger partial charge >= 0.3 is 0 Å². The first-order valence-electron chi connectivity index (χ1n) is 9.90. The molecule has 0 saturated carbocycles. The van der Waals surface area contributed by atoms with Gasteiger partial charge in [-0.15, -0.1) is 0 Å². The third-order valence-electron chi connectivity index (χ3n) is 5.31. The topological polar surface area (TPSA) is 50.2 Å². The summed E-state index contributed by atoms with van der Waals surface area (Å²) in [4.78, 5) is 15.0. The van der Waals surface area contributed by atoms with Gasteiger partial charge in [-0.3, -0.25) is 9.48 Å². The number of benzene rings is 2. The van der Waals surface area contributed by atoms with E-state index >= 15 is 0 Å². The molecule has 1 fully saturated rings. The third kappa shape index (κ3) is 4.54. The predicted octanol–water partition coefficient (Wildman–Crippen LogP) is 3.95. The molecule has 0 unspecified atom stereocenters. The van der Waals surface area contributed by atoms with Crippen LogP contribution in [-0.4, -0.2) is 46.8 Å². The number of nitrogens with one attached hydrogen (secondary N) is 1. The standard InChI is InChI=1S/C22H25ClN4O/c23-20-8-4-17(5-9-20)16-27-21-14-18(6-7-19(21)15-25-27)22(28)24-10-13-26-11-2-1-3-12-26/h4-9,14-15H,1-3,10-13,16H2,(H,24,28). The molecule has 1 aromatic heterocycles. The lowest BCUT2D eigenvalue weighted by atomic mass is 10.1. The number of carbonyl (C=O) groups is 1. The van der Waals surface area contributed by atoms with Crippen molar-refractivity contribution in [2.75, 3.05) is 26.2 Å². The Bertz CT molecular complexity index is 945. The van der Waals surface area contributed by atoms with Crippen molar-refractivity contribution in [2.24, 2.45) is 0 Å². The fourth-order valence-electron chi connectivity index (χ4n) is 3.71. The number of hydrogen-bond donors (Lipinski definition) is 1. The van der Waals surface area contributed by atoms with E-state index in [0.717, 1.165) is 41.1 Å². The molecule has 1 saturated heterocycles. The summed E-state index contributed by atoms with van der Waals surface area (Å²) >= 11 is 5.97. The Balaban J connectivity index is 1.42. The Kier molecular flexibility index (Phi) is 5.93. The van der Waals surface area contributed by atoms with Crippen LogP contribution in [0.2, 0.25) is 5.02 Å². The van der Waals surface area contributed by atoms with E-state index in [2.05, 4.69) is 15.3 Å². The van der Waals surface area contributed by atoms with E-state index in [4.69, 9.17) is 11.6 Å². The van der Waals surface area contributed by atoms with Gasteiger partial charge in [-0.05, 0) is 55.8 Å². The number of nitrogens with zero attached hydrogens (tertiary/aromatic N) is 3. The van der Waals surface area contributed by atoms with Gasteiger partial charge in [-0.2, -0.15) is 5.10 Å². The molecule has 0 radical (unpaired) electrons. The van der Waals surface area contributed by atoms with Crippen LogP contribution in [0.1, 0.15) is 35.2 Å². The van der Waals surface area contributed by atoms with Gasteiger partial charge in [0.2, 0.25) is 0 Å². The molecule has 4 rings (SSSR count). The average Bonchev–Trinajstić information content (AvgIpc) is 3.12. The zero-order valence-corrected chi connectivity index (χ0v) is 16.7. The van der Waals surface area contributed by atoms with E-state index in [1.54, 1.807) is 0 Å². The fraction of sp³-hybridized carbons (Fsp3) is 0.364. The first-order valence-corrected chi connectivity index (χ1v) is 10.3.